The summed E-state index contributed by atoms with van der Waals surface area (Å²) in [5.41, 5.74) is 2.92. The van der Waals surface area contributed by atoms with Gasteiger partial charge in [0.05, 0.1) is 19.0 Å². The van der Waals surface area contributed by atoms with E-state index in [-0.39, 0.29) is 5.91 Å². The van der Waals surface area contributed by atoms with Gasteiger partial charge in [0.25, 0.3) is 0 Å². The Hall–Kier alpha value is -2.55. The quantitative estimate of drug-likeness (QED) is 0.729. The molecule has 3 nitrogen and oxygen atoms in total. The van der Waals surface area contributed by atoms with Gasteiger partial charge < -0.3 is 4.74 Å². The number of ether oxygens (including phenoxy) is 1. The van der Waals surface area contributed by atoms with Crippen LogP contribution >= 0.6 is 0 Å². The summed E-state index contributed by atoms with van der Waals surface area (Å²) in [5.74, 6) is 0.882. The van der Waals surface area contributed by atoms with Crippen molar-refractivity contribution in [2.75, 3.05) is 7.11 Å². The Bertz CT molecular complexity index is 785. The number of para-hydroxylation sites is 1. The van der Waals surface area contributed by atoms with Crippen molar-refractivity contribution in [2.24, 2.45) is 0 Å². The number of benzene rings is 2. The van der Waals surface area contributed by atoms with E-state index in [9.17, 15) is 4.79 Å². The van der Waals surface area contributed by atoms with Gasteiger partial charge in [-0.2, -0.15) is 0 Å². The highest BCUT2D eigenvalue weighted by atomic mass is 16.5. The second kappa shape index (κ2) is 5.44. The van der Waals surface area contributed by atoms with Gasteiger partial charge in [0.2, 0.25) is 5.91 Å². The van der Waals surface area contributed by atoms with E-state index in [0.29, 0.717) is 6.42 Å². The van der Waals surface area contributed by atoms with Crippen LogP contribution in [0.5, 0.6) is 5.75 Å². The topological polar surface area (TPSA) is 31.2 Å². The minimum absolute atomic E-state index is 0.0823. The highest BCUT2D eigenvalue weighted by molar-refractivity contribution is 5.94. The van der Waals surface area contributed by atoms with Gasteiger partial charge in [-0.05, 0) is 36.8 Å². The molecule has 0 radical (unpaired) electrons. The number of hydrogen-bond acceptors (Lipinski definition) is 2. The number of rotatable bonds is 3. The number of carbonyl (C=O) groups excluding carboxylic acids is 1. The molecule has 0 spiro atoms. The molecule has 2 aromatic carbocycles. The summed E-state index contributed by atoms with van der Waals surface area (Å²) in [7, 11) is 1.63. The molecular formula is C18H17NO2. The van der Waals surface area contributed by atoms with Gasteiger partial charge in [0.1, 0.15) is 5.75 Å². The molecular weight excluding hydrogens is 262 g/mol. The van der Waals surface area contributed by atoms with E-state index in [2.05, 4.69) is 0 Å². The van der Waals surface area contributed by atoms with E-state index in [4.69, 9.17) is 4.74 Å². The number of hydrogen-bond donors (Lipinski definition) is 0. The SMILES string of the molecule is COc1ccc(CC(=O)n2c(C)cc3ccccc32)cc1. The van der Waals surface area contributed by atoms with Crippen molar-refractivity contribution in [2.45, 2.75) is 13.3 Å². The summed E-state index contributed by atoms with van der Waals surface area (Å²) in [4.78, 5) is 12.6. The molecule has 0 saturated heterocycles. The normalized spacial score (nSPS) is 10.8. The third-order valence-corrected chi connectivity index (χ3v) is 3.66. The first-order valence-corrected chi connectivity index (χ1v) is 6.92. The van der Waals surface area contributed by atoms with Crippen LogP contribution < -0.4 is 4.74 Å². The molecule has 0 aliphatic heterocycles. The molecule has 0 saturated carbocycles. The maximum absolute atomic E-state index is 12.6. The number of aromatic nitrogens is 1. The smallest absolute Gasteiger partial charge is 0.235 e. The third kappa shape index (κ3) is 2.55. The van der Waals surface area contributed by atoms with Crippen molar-refractivity contribution in [3.05, 3.63) is 65.9 Å². The summed E-state index contributed by atoms with van der Waals surface area (Å²) in [6.45, 7) is 1.96. The van der Waals surface area contributed by atoms with Crippen molar-refractivity contribution in [1.29, 1.82) is 0 Å². The molecule has 3 rings (SSSR count). The van der Waals surface area contributed by atoms with Gasteiger partial charge in [-0.15, -0.1) is 0 Å². The van der Waals surface area contributed by atoms with Crippen molar-refractivity contribution < 1.29 is 9.53 Å². The minimum Gasteiger partial charge on any atom is -0.497 e. The zero-order valence-electron chi connectivity index (χ0n) is 12.2. The summed E-state index contributed by atoms with van der Waals surface area (Å²) in [5, 5.41) is 1.10. The number of nitrogens with zero attached hydrogens (tertiary/aromatic N) is 1. The number of carbonyl (C=O) groups is 1. The molecule has 0 amide bonds. The van der Waals surface area contributed by atoms with Crippen LogP contribution in [0.2, 0.25) is 0 Å². The maximum Gasteiger partial charge on any atom is 0.235 e. The first-order chi connectivity index (χ1) is 10.2. The van der Waals surface area contributed by atoms with Crippen LogP contribution in [0.15, 0.2) is 54.6 Å². The van der Waals surface area contributed by atoms with Gasteiger partial charge in [-0.3, -0.25) is 9.36 Å². The Labute approximate surface area is 123 Å². The molecule has 0 unspecified atom stereocenters. The van der Waals surface area contributed by atoms with Crippen LogP contribution in [0.3, 0.4) is 0 Å². The van der Waals surface area contributed by atoms with E-state index in [1.807, 2.05) is 61.5 Å². The molecule has 21 heavy (non-hydrogen) atoms. The fourth-order valence-corrected chi connectivity index (χ4v) is 2.62. The Kier molecular flexibility index (Phi) is 3.48. The summed E-state index contributed by atoms with van der Waals surface area (Å²) in [6.07, 6.45) is 0.378. The number of methoxy groups -OCH3 is 1. The average Bonchev–Trinajstić information content (AvgIpc) is 2.83. The van der Waals surface area contributed by atoms with Crippen molar-refractivity contribution in [3.63, 3.8) is 0 Å². The third-order valence-electron chi connectivity index (χ3n) is 3.66. The van der Waals surface area contributed by atoms with Gasteiger partial charge in [-0.1, -0.05) is 30.3 Å². The van der Waals surface area contributed by atoms with E-state index in [1.165, 1.54) is 0 Å². The lowest BCUT2D eigenvalue weighted by molar-refractivity contribution is 0.0917. The Morgan fingerprint density at radius 3 is 2.52 bits per heavy atom. The Morgan fingerprint density at radius 2 is 1.81 bits per heavy atom. The van der Waals surface area contributed by atoms with Crippen LogP contribution in [0.4, 0.5) is 0 Å². The molecule has 1 aromatic heterocycles. The zero-order valence-corrected chi connectivity index (χ0v) is 12.2. The van der Waals surface area contributed by atoms with Gasteiger partial charge >= 0.3 is 0 Å². The van der Waals surface area contributed by atoms with Crippen LogP contribution in [0.25, 0.3) is 10.9 Å². The summed E-state index contributed by atoms with van der Waals surface area (Å²) < 4.78 is 6.92. The van der Waals surface area contributed by atoms with Gasteiger partial charge in [0, 0.05) is 11.1 Å². The van der Waals surface area contributed by atoms with E-state index < -0.39 is 0 Å². The standard InChI is InChI=1S/C18H17NO2/c1-13-11-15-5-3-4-6-17(15)19(13)18(20)12-14-7-9-16(21-2)10-8-14/h3-11H,12H2,1-2H3. The molecule has 3 aromatic rings. The van der Waals surface area contributed by atoms with Gasteiger partial charge in [-0.25, -0.2) is 0 Å². The highest BCUT2D eigenvalue weighted by Gasteiger charge is 2.12. The second-order valence-corrected chi connectivity index (χ2v) is 5.10. The maximum atomic E-state index is 12.6. The highest BCUT2D eigenvalue weighted by Crippen LogP contribution is 2.20. The van der Waals surface area contributed by atoms with E-state index in [0.717, 1.165) is 27.9 Å². The molecule has 0 aliphatic carbocycles. The predicted molar refractivity (Wildman–Crippen MR) is 84.0 cm³/mol. The molecule has 0 fully saturated rings. The predicted octanol–water partition coefficient (Wildman–Crippen LogP) is 3.84. The van der Waals surface area contributed by atoms with E-state index in [1.54, 1.807) is 11.7 Å². The molecule has 0 aliphatic rings. The summed E-state index contributed by atoms with van der Waals surface area (Å²) >= 11 is 0. The molecule has 3 heteroatoms. The molecule has 1 heterocycles. The van der Waals surface area contributed by atoms with Crippen LogP contribution in [-0.2, 0) is 6.42 Å². The molecule has 0 atom stereocenters. The first-order valence-electron chi connectivity index (χ1n) is 6.92. The number of aryl methyl sites for hydroxylation is 1. The molecule has 106 valence electrons. The minimum atomic E-state index is 0.0823. The lowest BCUT2D eigenvalue weighted by Crippen LogP contribution is -2.14. The van der Waals surface area contributed by atoms with Crippen LogP contribution in [0.1, 0.15) is 16.1 Å². The largest absolute Gasteiger partial charge is 0.497 e. The van der Waals surface area contributed by atoms with Crippen LogP contribution in [-0.4, -0.2) is 17.6 Å². The fourth-order valence-electron chi connectivity index (χ4n) is 2.62. The monoisotopic (exact) mass is 279 g/mol. The Morgan fingerprint density at radius 1 is 1.10 bits per heavy atom. The molecule has 0 bridgehead atoms. The van der Waals surface area contributed by atoms with Gasteiger partial charge in [0.15, 0.2) is 0 Å². The average molecular weight is 279 g/mol. The van der Waals surface area contributed by atoms with E-state index >= 15 is 0 Å². The summed E-state index contributed by atoms with van der Waals surface area (Å²) in [6, 6.07) is 17.6. The fraction of sp³-hybridized carbons (Fsp3) is 0.167. The molecule has 0 N–H and O–H groups in total. The lowest BCUT2D eigenvalue weighted by Gasteiger charge is -2.07. The zero-order chi connectivity index (χ0) is 14.8. The van der Waals surface area contributed by atoms with Crippen molar-refractivity contribution in [1.82, 2.24) is 4.57 Å². The number of fused-ring (bicyclic) bond motifs is 1. The Balaban J connectivity index is 1.91. The van der Waals surface area contributed by atoms with Crippen LogP contribution in [0, 0.1) is 6.92 Å². The lowest BCUT2D eigenvalue weighted by atomic mass is 10.1. The van der Waals surface area contributed by atoms with Crippen molar-refractivity contribution >= 4 is 16.8 Å². The second-order valence-electron chi connectivity index (χ2n) is 5.10. The first kappa shape index (κ1) is 13.4. The van der Waals surface area contributed by atoms with Crippen molar-refractivity contribution in [3.8, 4) is 5.75 Å².